The topological polar surface area (TPSA) is 92.4 Å². The van der Waals surface area contributed by atoms with Gasteiger partial charge in [-0.2, -0.15) is 5.10 Å². The van der Waals surface area contributed by atoms with Gasteiger partial charge in [0, 0.05) is 16.9 Å². The molecule has 0 spiro atoms. The van der Waals surface area contributed by atoms with Crippen LogP contribution < -0.4 is 16.5 Å². The summed E-state index contributed by atoms with van der Waals surface area (Å²) in [7, 11) is 0. The van der Waals surface area contributed by atoms with Gasteiger partial charge in [-0.15, -0.1) is 0 Å². The molecule has 0 saturated carbocycles. The highest BCUT2D eigenvalue weighted by atomic mass is 35.5. The largest absolute Gasteiger partial charge is 0.380 e. The van der Waals surface area contributed by atoms with Gasteiger partial charge in [-0.1, -0.05) is 17.7 Å². The van der Waals surface area contributed by atoms with Gasteiger partial charge in [0.25, 0.3) is 0 Å². The number of carbonyl (C=O) groups is 1. The summed E-state index contributed by atoms with van der Waals surface area (Å²) < 4.78 is 0. The van der Waals surface area contributed by atoms with Crippen molar-refractivity contribution in [1.82, 2.24) is 10.4 Å². The third-order valence-corrected chi connectivity index (χ3v) is 2.56. The van der Waals surface area contributed by atoms with E-state index in [0.717, 1.165) is 0 Å². The number of aromatic nitrogens is 1. The smallest absolute Gasteiger partial charge is 0.339 e. The molecule has 2 aromatic rings. The van der Waals surface area contributed by atoms with Crippen LogP contribution in [-0.4, -0.2) is 16.9 Å². The number of amidine groups is 1. The highest BCUT2D eigenvalue weighted by Crippen LogP contribution is 2.12. The molecule has 0 atom stereocenters. The van der Waals surface area contributed by atoms with E-state index in [1.807, 2.05) is 0 Å². The number of hydrazone groups is 1. The summed E-state index contributed by atoms with van der Waals surface area (Å²) in [5.41, 5.74) is 9.05. The van der Waals surface area contributed by atoms with Crippen molar-refractivity contribution in [3.05, 3.63) is 59.4 Å². The van der Waals surface area contributed by atoms with Crippen LogP contribution in [0.3, 0.4) is 0 Å². The van der Waals surface area contributed by atoms with Crippen molar-refractivity contribution in [2.24, 2.45) is 10.8 Å². The molecule has 1 aromatic heterocycles. The number of amides is 2. The Morgan fingerprint density at radius 3 is 2.60 bits per heavy atom. The second-order valence-electron chi connectivity index (χ2n) is 3.78. The second kappa shape index (κ2) is 6.53. The van der Waals surface area contributed by atoms with Gasteiger partial charge in [0.15, 0.2) is 5.84 Å². The fourth-order valence-electron chi connectivity index (χ4n) is 1.37. The van der Waals surface area contributed by atoms with Crippen LogP contribution in [0.2, 0.25) is 5.02 Å². The van der Waals surface area contributed by atoms with E-state index in [1.54, 1.807) is 48.7 Å². The molecule has 7 heteroatoms. The quantitative estimate of drug-likeness (QED) is 0.459. The SMILES string of the molecule is NC(=NNC(=O)Nc1ccc(Cl)cc1)c1ccccn1. The molecule has 0 radical (unpaired) electrons. The number of hydrogen-bond donors (Lipinski definition) is 3. The van der Waals surface area contributed by atoms with E-state index in [9.17, 15) is 4.79 Å². The number of hydrogen-bond acceptors (Lipinski definition) is 3. The Kier molecular flexibility index (Phi) is 4.52. The molecule has 0 aliphatic carbocycles. The van der Waals surface area contributed by atoms with E-state index in [-0.39, 0.29) is 5.84 Å². The summed E-state index contributed by atoms with van der Waals surface area (Å²) in [6.45, 7) is 0. The van der Waals surface area contributed by atoms with Crippen LogP contribution in [0.4, 0.5) is 10.5 Å². The molecule has 4 N–H and O–H groups in total. The molecule has 2 amide bonds. The Labute approximate surface area is 120 Å². The summed E-state index contributed by atoms with van der Waals surface area (Å²) in [4.78, 5) is 15.6. The lowest BCUT2D eigenvalue weighted by atomic mass is 10.3. The van der Waals surface area contributed by atoms with Gasteiger partial charge in [0.05, 0.1) is 0 Å². The molecular weight excluding hydrogens is 278 g/mol. The van der Waals surface area contributed by atoms with E-state index < -0.39 is 6.03 Å². The lowest BCUT2D eigenvalue weighted by Gasteiger charge is -2.05. The monoisotopic (exact) mass is 289 g/mol. The summed E-state index contributed by atoms with van der Waals surface area (Å²) in [6.07, 6.45) is 1.59. The molecule has 2 rings (SSSR count). The van der Waals surface area contributed by atoms with Crippen LogP contribution in [0.1, 0.15) is 5.69 Å². The van der Waals surface area contributed by atoms with Crippen LogP contribution in [0.15, 0.2) is 53.8 Å². The molecule has 1 heterocycles. The Morgan fingerprint density at radius 2 is 1.95 bits per heavy atom. The molecule has 0 unspecified atom stereocenters. The zero-order valence-corrected chi connectivity index (χ0v) is 11.1. The predicted molar refractivity (Wildman–Crippen MR) is 78.6 cm³/mol. The number of pyridine rings is 1. The van der Waals surface area contributed by atoms with Crippen LogP contribution in [0, 0.1) is 0 Å². The minimum Gasteiger partial charge on any atom is -0.380 e. The normalized spacial score (nSPS) is 10.9. The van der Waals surface area contributed by atoms with Crippen LogP contribution in [0.5, 0.6) is 0 Å². The zero-order valence-electron chi connectivity index (χ0n) is 10.4. The highest BCUT2D eigenvalue weighted by molar-refractivity contribution is 6.30. The summed E-state index contributed by atoms with van der Waals surface area (Å²) in [5.74, 6) is 0.122. The first-order valence-electron chi connectivity index (χ1n) is 5.72. The van der Waals surface area contributed by atoms with Gasteiger partial charge in [0.1, 0.15) is 5.69 Å². The average molecular weight is 290 g/mol. The predicted octanol–water partition coefficient (Wildman–Crippen LogP) is 2.18. The van der Waals surface area contributed by atoms with Gasteiger partial charge in [-0.3, -0.25) is 4.98 Å². The number of nitrogens with one attached hydrogen (secondary N) is 2. The Hall–Kier alpha value is -2.60. The van der Waals surface area contributed by atoms with Crippen molar-refractivity contribution in [2.45, 2.75) is 0 Å². The van der Waals surface area contributed by atoms with Crippen molar-refractivity contribution < 1.29 is 4.79 Å². The van der Waals surface area contributed by atoms with Crippen LogP contribution >= 0.6 is 11.6 Å². The highest BCUT2D eigenvalue weighted by Gasteiger charge is 2.02. The van der Waals surface area contributed by atoms with Crippen molar-refractivity contribution in [2.75, 3.05) is 5.32 Å². The zero-order chi connectivity index (χ0) is 14.4. The summed E-state index contributed by atoms with van der Waals surface area (Å²) in [6, 6.07) is 11.4. The van der Waals surface area contributed by atoms with Crippen molar-refractivity contribution in [3.63, 3.8) is 0 Å². The van der Waals surface area contributed by atoms with Crippen molar-refractivity contribution in [1.29, 1.82) is 0 Å². The van der Waals surface area contributed by atoms with Gasteiger partial charge in [-0.05, 0) is 36.4 Å². The Balaban J connectivity index is 1.93. The molecule has 0 bridgehead atoms. The maximum absolute atomic E-state index is 11.6. The van der Waals surface area contributed by atoms with Crippen LogP contribution in [0.25, 0.3) is 0 Å². The van der Waals surface area contributed by atoms with Gasteiger partial charge >= 0.3 is 6.03 Å². The van der Waals surface area contributed by atoms with Crippen molar-refractivity contribution in [3.8, 4) is 0 Å². The Morgan fingerprint density at radius 1 is 1.20 bits per heavy atom. The van der Waals surface area contributed by atoms with Gasteiger partial charge < -0.3 is 11.1 Å². The first-order valence-corrected chi connectivity index (χ1v) is 6.10. The van der Waals surface area contributed by atoms with E-state index in [4.69, 9.17) is 17.3 Å². The number of anilines is 1. The molecule has 20 heavy (non-hydrogen) atoms. The first kappa shape index (κ1) is 13.8. The summed E-state index contributed by atoms with van der Waals surface area (Å²) >= 11 is 5.75. The summed E-state index contributed by atoms with van der Waals surface area (Å²) in [5, 5.41) is 6.93. The lowest BCUT2D eigenvalue weighted by molar-refractivity contribution is 0.252. The van der Waals surface area contributed by atoms with Crippen LogP contribution in [-0.2, 0) is 0 Å². The molecule has 6 nitrogen and oxygen atoms in total. The van der Waals surface area contributed by atoms with E-state index in [1.165, 1.54) is 0 Å². The second-order valence-corrected chi connectivity index (χ2v) is 4.22. The minimum atomic E-state index is -0.508. The van der Waals surface area contributed by atoms with E-state index >= 15 is 0 Å². The standard InChI is InChI=1S/C13H12ClN5O/c14-9-4-6-10(7-5-9)17-13(20)19-18-12(15)11-3-1-2-8-16-11/h1-8H,(H2,15,18)(H2,17,19,20). The molecule has 0 saturated heterocycles. The maximum Gasteiger partial charge on any atom is 0.339 e. The van der Waals surface area contributed by atoms with E-state index in [0.29, 0.717) is 16.4 Å². The number of nitrogens with zero attached hydrogens (tertiary/aromatic N) is 2. The number of halogens is 1. The third-order valence-electron chi connectivity index (χ3n) is 2.31. The van der Waals surface area contributed by atoms with E-state index in [2.05, 4.69) is 20.8 Å². The maximum atomic E-state index is 11.6. The number of urea groups is 1. The first-order chi connectivity index (χ1) is 9.65. The number of rotatable bonds is 3. The molecular formula is C13H12ClN5O. The minimum absolute atomic E-state index is 0.122. The number of carbonyl (C=O) groups excluding carboxylic acids is 1. The lowest BCUT2D eigenvalue weighted by Crippen LogP contribution is -2.28. The number of nitrogens with two attached hydrogens (primary N) is 1. The van der Waals surface area contributed by atoms with Gasteiger partial charge in [-0.25, -0.2) is 10.2 Å². The third kappa shape index (κ3) is 3.96. The van der Waals surface area contributed by atoms with Gasteiger partial charge in [0.2, 0.25) is 0 Å². The molecule has 0 aliphatic heterocycles. The average Bonchev–Trinajstić information content (AvgIpc) is 2.48. The van der Waals surface area contributed by atoms with Crippen molar-refractivity contribution >= 4 is 29.2 Å². The Bertz CT molecular complexity index is 612. The molecule has 102 valence electrons. The fraction of sp³-hybridized carbons (Fsp3) is 0. The number of benzene rings is 1. The molecule has 0 fully saturated rings. The fourth-order valence-corrected chi connectivity index (χ4v) is 1.50. The molecule has 0 aliphatic rings. The molecule has 1 aromatic carbocycles.